The van der Waals surface area contributed by atoms with E-state index in [1.54, 1.807) is 0 Å². The summed E-state index contributed by atoms with van der Waals surface area (Å²) in [7, 11) is -2.45. The third-order valence-electron chi connectivity index (χ3n) is 3.18. The van der Waals surface area contributed by atoms with Crippen LogP contribution in [-0.4, -0.2) is 15.5 Å². The molecule has 0 fully saturated rings. The largest absolute Gasteiger partial charge is 0.416 e. The topological polar surface area (TPSA) is 82.0 Å². The first-order valence-electron chi connectivity index (χ1n) is 6.59. The molecular weight excluding hydrogens is 343 g/mol. The van der Waals surface area contributed by atoms with Crippen LogP contribution in [0.1, 0.15) is 11.1 Å². The van der Waals surface area contributed by atoms with E-state index in [1.807, 2.05) is 6.07 Å². The summed E-state index contributed by atoms with van der Waals surface area (Å²) in [5.74, 6) is 0. The fourth-order valence-corrected chi connectivity index (χ4v) is 2.66. The Balaban J connectivity index is 2.32. The van der Waals surface area contributed by atoms with Crippen LogP contribution in [0.3, 0.4) is 0 Å². The van der Waals surface area contributed by atoms with E-state index < -0.39 is 21.8 Å². The summed E-state index contributed by atoms with van der Waals surface area (Å²) in [6.07, 6.45) is -4.43. The third-order valence-corrected chi connectivity index (χ3v) is 4.59. The van der Waals surface area contributed by atoms with Gasteiger partial charge in [0.05, 0.1) is 21.7 Å². The molecule has 0 aromatic heterocycles. The van der Waals surface area contributed by atoms with Crippen molar-refractivity contribution in [3.63, 3.8) is 0 Å². The second-order valence-electron chi connectivity index (χ2n) is 4.73. The minimum atomic E-state index is -4.43. The predicted octanol–water partition coefficient (Wildman–Crippen LogP) is 3.23. The van der Waals surface area contributed by atoms with E-state index >= 15 is 0 Å². The SMILES string of the molecule is CNS(=O)(=O)c1ccc(Nc2ccc(C(F)(F)F)cc2)c(C#N)c1. The van der Waals surface area contributed by atoms with Gasteiger partial charge in [0.1, 0.15) is 6.07 Å². The molecule has 0 atom stereocenters. The molecule has 0 radical (unpaired) electrons. The molecule has 0 spiro atoms. The Morgan fingerprint density at radius 1 is 1.08 bits per heavy atom. The number of halogens is 3. The van der Waals surface area contributed by atoms with Crippen molar-refractivity contribution in [1.29, 1.82) is 5.26 Å². The summed E-state index contributed by atoms with van der Waals surface area (Å²) >= 11 is 0. The van der Waals surface area contributed by atoms with Crippen molar-refractivity contribution in [3.05, 3.63) is 53.6 Å². The smallest absolute Gasteiger partial charge is 0.354 e. The van der Waals surface area contributed by atoms with Gasteiger partial charge in [-0.2, -0.15) is 18.4 Å². The van der Waals surface area contributed by atoms with Crippen molar-refractivity contribution in [2.45, 2.75) is 11.1 Å². The van der Waals surface area contributed by atoms with Crippen LogP contribution in [-0.2, 0) is 16.2 Å². The average molecular weight is 355 g/mol. The molecule has 0 saturated heterocycles. The van der Waals surface area contributed by atoms with Gasteiger partial charge in [-0.1, -0.05) is 0 Å². The van der Waals surface area contributed by atoms with E-state index in [2.05, 4.69) is 10.0 Å². The normalized spacial score (nSPS) is 11.8. The molecule has 2 N–H and O–H groups in total. The van der Waals surface area contributed by atoms with Crippen LogP contribution in [0.5, 0.6) is 0 Å². The average Bonchev–Trinajstić information content (AvgIpc) is 2.54. The van der Waals surface area contributed by atoms with Gasteiger partial charge in [0.25, 0.3) is 0 Å². The number of benzene rings is 2. The summed E-state index contributed by atoms with van der Waals surface area (Å²) in [5.41, 5.74) is -0.119. The van der Waals surface area contributed by atoms with Crippen LogP contribution in [0.15, 0.2) is 47.4 Å². The lowest BCUT2D eigenvalue weighted by atomic mass is 10.1. The number of sulfonamides is 1. The fourth-order valence-electron chi connectivity index (χ4n) is 1.91. The van der Waals surface area contributed by atoms with E-state index in [-0.39, 0.29) is 16.1 Å². The summed E-state index contributed by atoms with van der Waals surface area (Å²) in [5, 5.41) is 11.9. The molecule has 24 heavy (non-hydrogen) atoms. The number of nitrogens with one attached hydrogen (secondary N) is 2. The summed E-state index contributed by atoms with van der Waals surface area (Å²) in [6, 6.07) is 9.97. The van der Waals surface area contributed by atoms with Crippen LogP contribution in [0.2, 0.25) is 0 Å². The van der Waals surface area contributed by atoms with Gasteiger partial charge in [0, 0.05) is 5.69 Å². The molecule has 0 unspecified atom stereocenters. The van der Waals surface area contributed by atoms with E-state index in [0.717, 1.165) is 12.1 Å². The van der Waals surface area contributed by atoms with Crippen molar-refractivity contribution < 1.29 is 21.6 Å². The predicted molar refractivity (Wildman–Crippen MR) is 82.1 cm³/mol. The van der Waals surface area contributed by atoms with Crippen molar-refractivity contribution >= 4 is 21.4 Å². The number of nitrogens with zero attached hydrogens (tertiary/aromatic N) is 1. The van der Waals surface area contributed by atoms with Crippen LogP contribution < -0.4 is 10.0 Å². The van der Waals surface area contributed by atoms with E-state index in [1.165, 1.54) is 37.4 Å². The maximum Gasteiger partial charge on any atom is 0.416 e. The van der Waals surface area contributed by atoms with Gasteiger partial charge in [-0.25, -0.2) is 13.1 Å². The highest BCUT2D eigenvalue weighted by Gasteiger charge is 2.29. The number of alkyl halides is 3. The first-order valence-corrected chi connectivity index (χ1v) is 8.07. The molecule has 2 rings (SSSR count). The van der Waals surface area contributed by atoms with Crippen molar-refractivity contribution in [1.82, 2.24) is 4.72 Å². The van der Waals surface area contributed by atoms with Crippen molar-refractivity contribution in [2.75, 3.05) is 12.4 Å². The number of nitriles is 1. The van der Waals surface area contributed by atoms with Gasteiger partial charge in [0.2, 0.25) is 10.0 Å². The first-order chi connectivity index (χ1) is 11.2. The van der Waals surface area contributed by atoms with Crippen LogP contribution >= 0.6 is 0 Å². The molecule has 0 bridgehead atoms. The van der Waals surface area contributed by atoms with Gasteiger partial charge < -0.3 is 5.32 Å². The number of hydrogen-bond acceptors (Lipinski definition) is 4. The Labute approximate surface area is 136 Å². The highest BCUT2D eigenvalue weighted by atomic mass is 32.2. The lowest BCUT2D eigenvalue weighted by molar-refractivity contribution is -0.137. The number of anilines is 2. The molecule has 2 aromatic rings. The van der Waals surface area contributed by atoms with Gasteiger partial charge >= 0.3 is 6.18 Å². The molecule has 0 saturated carbocycles. The molecule has 126 valence electrons. The van der Waals surface area contributed by atoms with Gasteiger partial charge in [-0.05, 0) is 49.5 Å². The lowest BCUT2D eigenvalue weighted by Crippen LogP contribution is -2.18. The highest BCUT2D eigenvalue weighted by molar-refractivity contribution is 7.89. The van der Waals surface area contributed by atoms with E-state index in [0.29, 0.717) is 5.69 Å². The molecule has 0 aliphatic rings. The Hall–Kier alpha value is -2.57. The summed E-state index contributed by atoms with van der Waals surface area (Å²) in [4.78, 5) is -0.0838. The number of rotatable bonds is 4. The molecular formula is C15H12F3N3O2S. The molecule has 9 heteroatoms. The van der Waals surface area contributed by atoms with E-state index in [4.69, 9.17) is 5.26 Å². The number of hydrogen-bond donors (Lipinski definition) is 2. The minimum absolute atomic E-state index is 0.0474. The molecule has 0 aliphatic heterocycles. The van der Waals surface area contributed by atoms with Gasteiger partial charge in [-0.15, -0.1) is 0 Å². The Kier molecular flexibility index (Phi) is 4.82. The highest BCUT2D eigenvalue weighted by Crippen LogP contribution is 2.31. The third kappa shape index (κ3) is 3.84. The van der Waals surface area contributed by atoms with Gasteiger partial charge in [-0.3, -0.25) is 0 Å². The molecule has 0 amide bonds. The lowest BCUT2D eigenvalue weighted by Gasteiger charge is -2.11. The van der Waals surface area contributed by atoms with Gasteiger partial charge in [0.15, 0.2) is 0 Å². The molecule has 0 heterocycles. The Bertz CT molecular complexity index is 886. The van der Waals surface area contributed by atoms with Crippen molar-refractivity contribution in [2.24, 2.45) is 0 Å². The zero-order valence-electron chi connectivity index (χ0n) is 12.3. The van der Waals surface area contributed by atoms with Crippen LogP contribution in [0.4, 0.5) is 24.5 Å². The molecule has 0 aliphatic carbocycles. The van der Waals surface area contributed by atoms with Crippen molar-refractivity contribution in [3.8, 4) is 6.07 Å². The second-order valence-corrected chi connectivity index (χ2v) is 6.61. The minimum Gasteiger partial charge on any atom is -0.354 e. The molecule has 5 nitrogen and oxygen atoms in total. The molecule has 2 aromatic carbocycles. The summed E-state index contributed by atoms with van der Waals surface area (Å²) < 4.78 is 63.2. The second kappa shape index (κ2) is 6.51. The zero-order valence-corrected chi connectivity index (χ0v) is 13.2. The Morgan fingerprint density at radius 3 is 2.21 bits per heavy atom. The van der Waals surface area contributed by atoms with Crippen LogP contribution in [0.25, 0.3) is 0 Å². The fraction of sp³-hybridized carbons (Fsp3) is 0.133. The standard InChI is InChI=1S/C15H12F3N3O2S/c1-20-24(22,23)13-6-7-14(10(8-13)9-19)21-12-4-2-11(3-5-12)15(16,17)18/h2-8,20-21H,1H3. The maximum absolute atomic E-state index is 12.5. The van der Waals surface area contributed by atoms with E-state index in [9.17, 15) is 21.6 Å². The summed E-state index contributed by atoms with van der Waals surface area (Å²) in [6.45, 7) is 0. The quantitative estimate of drug-likeness (QED) is 0.882. The zero-order chi connectivity index (χ0) is 18.0. The Morgan fingerprint density at radius 2 is 1.71 bits per heavy atom. The monoisotopic (exact) mass is 355 g/mol. The van der Waals surface area contributed by atoms with Crippen LogP contribution in [0, 0.1) is 11.3 Å². The first kappa shape index (κ1) is 17.8. The maximum atomic E-state index is 12.5.